The Balaban J connectivity index is 3.10. The summed E-state index contributed by atoms with van der Waals surface area (Å²) in [6.45, 7) is 5.72. The van der Waals surface area contributed by atoms with Gasteiger partial charge in [-0.15, -0.1) is 0 Å². The van der Waals surface area contributed by atoms with Crippen molar-refractivity contribution in [2.45, 2.75) is 46.5 Å². The summed E-state index contributed by atoms with van der Waals surface area (Å²) < 4.78 is 4.95. The fourth-order valence-electron chi connectivity index (χ4n) is 2.20. The largest absolute Gasteiger partial charge is 0.462 e. The molecule has 0 fully saturated rings. The molecule has 0 aliphatic heterocycles. The van der Waals surface area contributed by atoms with Crippen molar-refractivity contribution in [1.29, 1.82) is 0 Å². The van der Waals surface area contributed by atoms with Crippen LogP contribution in [0.1, 0.15) is 56.8 Å². The summed E-state index contributed by atoms with van der Waals surface area (Å²) in [5, 5.41) is 3.07. The summed E-state index contributed by atoms with van der Waals surface area (Å²) in [7, 11) is 0. The molecule has 0 heterocycles. The number of hydrogen-bond donors (Lipinski definition) is 1. The van der Waals surface area contributed by atoms with E-state index in [1.54, 1.807) is 25.1 Å². The smallest absolute Gasteiger partial charge is 0.339 e. The Morgan fingerprint density at radius 1 is 1.08 bits per heavy atom. The molecule has 0 saturated heterocycles. The third kappa shape index (κ3) is 6.02. The summed E-state index contributed by atoms with van der Waals surface area (Å²) in [6, 6.07) is 4.87. The molecular formula is C19H24ClNO4. The van der Waals surface area contributed by atoms with Gasteiger partial charge in [-0.2, -0.15) is 0 Å². The Labute approximate surface area is 153 Å². The Kier molecular flexibility index (Phi) is 8.92. The van der Waals surface area contributed by atoms with Gasteiger partial charge in [-0.05, 0) is 31.9 Å². The van der Waals surface area contributed by atoms with E-state index < -0.39 is 5.97 Å². The lowest BCUT2D eigenvalue weighted by atomic mass is 10.0. The van der Waals surface area contributed by atoms with Crippen molar-refractivity contribution in [3.63, 3.8) is 0 Å². The Bertz CT molecular complexity index is 647. The molecule has 1 aromatic carbocycles. The number of benzene rings is 1. The third-order valence-electron chi connectivity index (χ3n) is 3.42. The lowest BCUT2D eigenvalue weighted by Gasteiger charge is -2.10. The normalized spacial score (nSPS) is 10.1. The molecule has 0 aromatic heterocycles. The summed E-state index contributed by atoms with van der Waals surface area (Å²) in [5.41, 5.74) is 0.780. The standard InChI is InChI=1S/C19H24ClNO4/c1-4-8-16(22)14(17(23)9-5-2)12-21-15-11-7-10-13(18(15)20)19(24)25-6-3/h7,10-12,21H,4-6,8-9H2,1-3H3. The van der Waals surface area contributed by atoms with Crippen LogP contribution in [0.5, 0.6) is 0 Å². The molecule has 0 aliphatic rings. The lowest BCUT2D eigenvalue weighted by molar-refractivity contribution is -0.121. The van der Waals surface area contributed by atoms with Crippen LogP contribution in [0.25, 0.3) is 0 Å². The number of halogens is 1. The fourth-order valence-corrected chi connectivity index (χ4v) is 2.46. The zero-order valence-corrected chi connectivity index (χ0v) is 15.6. The van der Waals surface area contributed by atoms with E-state index in [1.807, 2.05) is 13.8 Å². The van der Waals surface area contributed by atoms with Gasteiger partial charge in [0, 0.05) is 19.0 Å². The molecule has 1 N–H and O–H groups in total. The highest BCUT2D eigenvalue weighted by Crippen LogP contribution is 2.27. The van der Waals surface area contributed by atoms with E-state index in [4.69, 9.17) is 16.3 Å². The quantitative estimate of drug-likeness (QED) is 0.285. The zero-order chi connectivity index (χ0) is 18.8. The first kappa shape index (κ1) is 20.9. The van der Waals surface area contributed by atoms with E-state index in [0.717, 1.165) is 0 Å². The van der Waals surface area contributed by atoms with Gasteiger partial charge in [-0.25, -0.2) is 4.79 Å². The molecule has 0 aliphatic carbocycles. The number of anilines is 1. The second-order valence-corrected chi connectivity index (χ2v) is 5.81. The summed E-state index contributed by atoms with van der Waals surface area (Å²) in [6.07, 6.45) is 3.31. The molecular weight excluding hydrogens is 342 g/mol. The van der Waals surface area contributed by atoms with Crippen molar-refractivity contribution in [1.82, 2.24) is 0 Å². The molecule has 25 heavy (non-hydrogen) atoms. The van der Waals surface area contributed by atoms with E-state index in [1.165, 1.54) is 6.20 Å². The predicted octanol–water partition coefficient (Wildman–Crippen LogP) is 4.55. The van der Waals surface area contributed by atoms with Crippen LogP contribution in [0.2, 0.25) is 5.02 Å². The number of nitrogens with one attached hydrogen (secondary N) is 1. The second kappa shape index (κ2) is 10.7. The first-order chi connectivity index (χ1) is 12.0. The van der Waals surface area contributed by atoms with Crippen LogP contribution in [0.15, 0.2) is 30.0 Å². The topological polar surface area (TPSA) is 72.5 Å². The number of allylic oxidation sites excluding steroid dienone is 1. The zero-order valence-electron chi connectivity index (χ0n) is 14.9. The van der Waals surface area contributed by atoms with Gasteiger partial charge in [0.15, 0.2) is 11.6 Å². The number of ketones is 2. The van der Waals surface area contributed by atoms with E-state index in [9.17, 15) is 14.4 Å². The second-order valence-electron chi connectivity index (χ2n) is 5.44. The van der Waals surface area contributed by atoms with Gasteiger partial charge in [-0.1, -0.05) is 31.5 Å². The number of hydrogen-bond acceptors (Lipinski definition) is 5. The molecule has 0 atom stereocenters. The van der Waals surface area contributed by atoms with Crippen molar-refractivity contribution >= 4 is 34.8 Å². The lowest BCUT2D eigenvalue weighted by Crippen LogP contribution is -2.14. The van der Waals surface area contributed by atoms with Gasteiger partial charge in [0.05, 0.1) is 28.5 Å². The van der Waals surface area contributed by atoms with E-state index >= 15 is 0 Å². The first-order valence-electron chi connectivity index (χ1n) is 8.44. The van der Waals surface area contributed by atoms with Crippen molar-refractivity contribution < 1.29 is 19.1 Å². The first-order valence-corrected chi connectivity index (χ1v) is 8.82. The van der Waals surface area contributed by atoms with Gasteiger partial charge < -0.3 is 10.1 Å². The molecule has 5 nitrogen and oxygen atoms in total. The minimum Gasteiger partial charge on any atom is -0.462 e. The summed E-state index contributed by atoms with van der Waals surface area (Å²) in [4.78, 5) is 36.3. The van der Waals surface area contributed by atoms with Gasteiger partial charge in [-0.3, -0.25) is 9.59 Å². The number of carbonyl (C=O) groups is 3. The van der Waals surface area contributed by atoms with Gasteiger partial charge in [0.2, 0.25) is 0 Å². The molecule has 0 saturated carbocycles. The molecule has 0 bridgehead atoms. The molecule has 1 aromatic rings. The highest BCUT2D eigenvalue weighted by Gasteiger charge is 2.18. The van der Waals surface area contributed by atoms with E-state index in [-0.39, 0.29) is 34.3 Å². The Hall–Kier alpha value is -2.14. The van der Waals surface area contributed by atoms with Crippen LogP contribution in [0.3, 0.4) is 0 Å². The van der Waals surface area contributed by atoms with Crippen LogP contribution in [0, 0.1) is 0 Å². The van der Waals surface area contributed by atoms with Crippen LogP contribution >= 0.6 is 11.6 Å². The molecule has 6 heteroatoms. The SMILES string of the molecule is CCCC(=O)C(=CNc1cccc(C(=O)OCC)c1Cl)C(=O)CCC. The van der Waals surface area contributed by atoms with Crippen molar-refractivity contribution in [3.8, 4) is 0 Å². The molecule has 0 unspecified atom stereocenters. The van der Waals surface area contributed by atoms with Gasteiger partial charge in [0.1, 0.15) is 0 Å². The average molecular weight is 366 g/mol. The molecule has 0 radical (unpaired) electrons. The highest BCUT2D eigenvalue weighted by molar-refractivity contribution is 6.36. The van der Waals surface area contributed by atoms with E-state index in [2.05, 4.69) is 5.32 Å². The number of rotatable bonds is 10. The van der Waals surface area contributed by atoms with Gasteiger partial charge >= 0.3 is 5.97 Å². The number of carbonyl (C=O) groups excluding carboxylic acids is 3. The van der Waals surface area contributed by atoms with Gasteiger partial charge in [0.25, 0.3) is 0 Å². The molecule has 0 amide bonds. The average Bonchev–Trinajstić information content (AvgIpc) is 2.57. The van der Waals surface area contributed by atoms with Crippen LogP contribution < -0.4 is 5.32 Å². The maximum absolute atomic E-state index is 12.2. The molecule has 136 valence electrons. The third-order valence-corrected chi connectivity index (χ3v) is 3.83. The molecule has 0 spiro atoms. The maximum atomic E-state index is 12.2. The monoisotopic (exact) mass is 365 g/mol. The summed E-state index contributed by atoms with van der Waals surface area (Å²) in [5.74, 6) is -0.929. The van der Waals surface area contributed by atoms with Crippen molar-refractivity contribution in [2.75, 3.05) is 11.9 Å². The summed E-state index contributed by atoms with van der Waals surface area (Å²) >= 11 is 6.24. The minimum atomic E-state index is -0.524. The number of ether oxygens (including phenoxy) is 1. The Morgan fingerprint density at radius 3 is 2.20 bits per heavy atom. The minimum absolute atomic E-state index is 0.126. The maximum Gasteiger partial charge on any atom is 0.339 e. The fraction of sp³-hybridized carbons (Fsp3) is 0.421. The van der Waals surface area contributed by atoms with Crippen LogP contribution in [-0.4, -0.2) is 24.1 Å². The van der Waals surface area contributed by atoms with E-state index in [0.29, 0.717) is 31.4 Å². The Morgan fingerprint density at radius 2 is 1.68 bits per heavy atom. The van der Waals surface area contributed by atoms with Crippen molar-refractivity contribution in [3.05, 3.63) is 40.6 Å². The van der Waals surface area contributed by atoms with Crippen molar-refractivity contribution in [2.24, 2.45) is 0 Å². The predicted molar refractivity (Wildman–Crippen MR) is 98.9 cm³/mol. The number of Topliss-reactive ketones (excluding diaryl/α,β-unsaturated/α-hetero) is 2. The number of esters is 1. The molecule has 1 rings (SSSR count). The van der Waals surface area contributed by atoms with Crippen LogP contribution in [-0.2, 0) is 14.3 Å². The van der Waals surface area contributed by atoms with Crippen LogP contribution in [0.4, 0.5) is 5.69 Å². The highest BCUT2D eigenvalue weighted by atomic mass is 35.5.